The maximum Gasteiger partial charge on any atom is 0.248 e. The third kappa shape index (κ3) is 6.15. The van der Waals surface area contributed by atoms with Gasteiger partial charge < -0.3 is 16.2 Å². The number of primary amides is 1. The Bertz CT molecular complexity index is 478. The Hall–Kier alpha value is -2.14. The van der Waals surface area contributed by atoms with E-state index in [4.69, 9.17) is 10.8 Å². The highest BCUT2D eigenvalue weighted by Gasteiger charge is 1.99. The molecule has 108 valence electrons. The van der Waals surface area contributed by atoms with Crippen LogP contribution in [0.3, 0.4) is 0 Å². The number of rotatable bonds is 7. The van der Waals surface area contributed by atoms with Crippen LogP contribution in [0.15, 0.2) is 30.3 Å². The first-order chi connectivity index (χ1) is 9.49. The summed E-state index contributed by atoms with van der Waals surface area (Å²) in [5, 5.41) is 11.8. The van der Waals surface area contributed by atoms with Gasteiger partial charge in [-0.05, 0) is 43.5 Å². The summed E-state index contributed by atoms with van der Waals surface area (Å²) in [6, 6.07) is 6.67. The van der Waals surface area contributed by atoms with E-state index in [1.165, 1.54) is 6.08 Å². The van der Waals surface area contributed by atoms with Gasteiger partial charge in [0, 0.05) is 18.2 Å². The van der Waals surface area contributed by atoms with Gasteiger partial charge in [-0.2, -0.15) is 0 Å². The zero-order valence-electron chi connectivity index (χ0n) is 11.5. The average molecular weight is 276 g/mol. The number of benzene rings is 1. The number of carbonyl (C=O) groups is 2. The quantitative estimate of drug-likeness (QED) is 0.514. The molecule has 0 spiro atoms. The van der Waals surface area contributed by atoms with Gasteiger partial charge in [0.15, 0.2) is 0 Å². The predicted molar refractivity (Wildman–Crippen MR) is 77.9 cm³/mol. The summed E-state index contributed by atoms with van der Waals surface area (Å²) in [5.74, 6) is -0.661. The van der Waals surface area contributed by atoms with Gasteiger partial charge in [-0.15, -0.1) is 0 Å². The maximum absolute atomic E-state index is 11.5. The van der Waals surface area contributed by atoms with Crippen LogP contribution in [0.4, 0.5) is 0 Å². The molecule has 0 radical (unpaired) electrons. The molecule has 0 fully saturated rings. The smallest absolute Gasteiger partial charge is 0.248 e. The van der Waals surface area contributed by atoms with Gasteiger partial charge in [-0.1, -0.05) is 12.1 Å². The van der Waals surface area contributed by atoms with Gasteiger partial charge in [-0.3, -0.25) is 9.59 Å². The van der Waals surface area contributed by atoms with E-state index in [-0.39, 0.29) is 12.0 Å². The number of carbonyl (C=O) groups excluding carboxylic acids is 2. The van der Waals surface area contributed by atoms with Gasteiger partial charge in [0.25, 0.3) is 0 Å². The minimum absolute atomic E-state index is 0.186. The standard InChI is InChI=1S/C15H20N2O3/c1-11(18)3-2-10-17-14(19)9-6-12-4-7-13(8-5-12)15(16)20/h4-9,11,18H,2-3,10H2,1H3,(H2,16,20)(H,17,19)/b9-6+. The molecule has 4 N–H and O–H groups in total. The number of hydrogen-bond donors (Lipinski definition) is 3. The number of nitrogens with two attached hydrogens (primary N) is 1. The van der Waals surface area contributed by atoms with Crippen molar-refractivity contribution in [3.8, 4) is 0 Å². The highest BCUT2D eigenvalue weighted by molar-refractivity contribution is 5.94. The molecule has 0 saturated carbocycles. The minimum Gasteiger partial charge on any atom is -0.393 e. The number of nitrogens with one attached hydrogen (secondary N) is 1. The largest absolute Gasteiger partial charge is 0.393 e. The molecule has 1 unspecified atom stereocenters. The molecular weight excluding hydrogens is 256 g/mol. The van der Waals surface area contributed by atoms with Crippen molar-refractivity contribution in [2.45, 2.75) is 25.9 Å². The SMILES string of the molecule is CC(O)CCCNC(=O)/C=C/c1ccc(C(N)=O)cc1. The summed E-state index contributed by atoms with van der Waals surface area (Å²) in [6.45, 7) is 2.26. The lowest BCUT2D eigenvalue weighted by Crippen LogP contribution is -2.22. The van der Waals surface area contributed by atoms with Crippen LogP contribution in [0.5, 0.6) is 0 Å². The van der Waals surface area contributed by atoms with Crippen LogP contribution in [-0.4, -0.2) is 29.6 Å². The molecule has 1 aromatic rings. The van der Waals surface area contributed by atoms with Gasteiger partial charge >= 0.3 is 0 Å². The summed E-state index contributed by atoms with van der Waals surface area (Å²) >= 11 is 0. The first-order valence-electron chi connectivity index (χ1n) is 6.53. The second-order valence-electron chi connectivity index (χ2n) is 4.60. The molecule has 2 amide bonds. The van der Waals surface area contributed by atoms with Crippen molar-refractivity contribution in [2.75, 3.05) is 6.54 Å². The molecule has 0 heterocycles. The van der Waals surface area contributed by atoms with Crippen LogP contribution >= 0.6 is 0 Å². The Morgan fingerprint density at radius 3 is 2.55 bits per heavy atom. The van der Waals surface area contributed by atoms with Gasteiger partial charge in [0.1, 0.15) is 0 Å². The highest BCUT2D eigenvalue weighted by atomic mass is 16.3. The molecular formula is C15H20N2O3. The monoisotopic (exact) mass is 276 g/mol. The molecule has 20 heavy (non-hydrogen) atoms. The lowest BCUT2D eigenvalue weighted by Gasteiger charge is -2.04. The third-order valence-corrected chi connectivity index (χ3v) is 2.72. The van der Waals surface area contributed by atoms with Crippen molar-refractivity contribution in [3.05, 3.63) is 41.5 Å². The fourth-order valence-electron chi connectivity index (χ4n) is 1.60. The van der Waals surface area contributed by atoms with E-state index in [1.54, 1.807) is 37.3 Å². The van der Waals surface area contributed by atoms with Crippen LogP contribution in [-0.2, 0) is 4.79 Å². The second kappa shape index (κ2) is 8.12. The van der Waals surface area contributed by atoms with E-state index in [0.29, 0.717) is 18.5 Å². The molecule has 0 saturated heterocycles. The molecule has 1 atom stereocenters. The van der Waals surface area contributed by atoms with Crippen LogP contribution in [0.25, 0.3) is 6.08 Å². The van der Waals surface area contributed by atoms with E-state index in [0.717, 1.165) is 12.0 Å². The fourth-order valence-corrected chi connectivity index (χ4v) is 1.60. The Morgan fingerprint density at radius 2 is 2.00 bits per heavy atom. The lowest BCUT2D eigenvalue weighted by molar-refractivity contribution is -0.116. The molecule has 0 aliphatic rings. The third-order valence-electron chi connectivity index (χ3n) is 2.72. The number of hydrogen-bond acceptors (Lipinski definition) is 3. The Balaban J connectivity index is 2.39. The normalized spacial score (nSPS) is 12.3. The molecule has 0 bridgehead atoms. The molecule has 0 aliphatic carbocycles. The summed E-state index contributed by atoms with van der Waals surface area (Å²) in [5.41, 5.74) is 6.39. The minimum atomic E-state index is -0.476. The summed E-state index contributed by atoms with van der Waals surface area (Å²) in [6.07, 6.45) is 4.16. The number of aliphatic hydroxyl groups is 1. The van der Waals surface area contributed by atoms with Gasteiger partial charge in [0.2, 0.25) is 11.8 Å². The fraction of sp³-hybridized carbons (Fsp3) is 0.333. The van der Waals surface area contributed by atoms with Crippen molar-refractivity contribution in [1.82, 2.24) is 5.32 Å². The van der Waals surface area contributed by atoms with E-state index >= 15 is 0 Å². The van der Waals surface area contributed by atoms with Crippen molar-refractivity contribution >= 4 is 17.9 Å². The zero-order valence-corrected chi connectivity index (χ0v) is 11.5. The van der Waals surface area contributed by atoms with E-state index in [9.17, 15) is 9.59 Å². The van der Waals surface area contributed by atoms with Gasteiger partial charge in [0.05, 0.1) is 6.10 Å². The first-order valence-corrected chi connectivity index (χ1v) is 6.53. The van der Waals surface area contributed by atoms with Gasteiger partial charge in [-0.25, -0.2) is 0 Å². The topological polar surface area (TPSA) is 92.4 Å². The second-order valence-corrected chi connectivity index (χ2v) is 4.60. The van der Waals surface area contributed by atoms with Crippen LogP contribution in [0, 0.1) is 0 Å². The van der Waals surface area contributed by atoms with Crippen LogP contribution in [0.1, 0.15) is 35.7 Å². The average Bonchev–Trinajstić information content (AvgIpc) is 2.41. The summed E-state index contributed by atoms with van der Waals surface area (Å²) in [7, 11) is 0. The van der Waals surface area contributed by atoms with Crippen molar-refractivity contribution in [2.24, 2.45) is 5.73 Å². The summed E-state index contributed by atoms with van der Waals surface area (Å²) < 4.78 is 0. The lowest BCUT2D eigenvalue weighted by atomic mass is 10.1. The maximum atomic E-state index is 11.5. The molecule has 1 rings (SSSR count). The number of amides is 2. The van der Waals surface area contributed by atoms with Crippen molar-refractivity contribution in [3.63, 3.8) is 0 Å². The summed E-state index contributed by atoms with van der Waals surface area (Å²) in [4.78, 5) is 22.4. The van der Waals surface area contributed by atoms with Crippen LogP contribution < -0.4 is 11.1 Å². The molecule has 5 nitrogen and oxygen atoms in total. The van der Waals surface area contributed by atoms with Crippen LogP contribution in [0.2, 0.25) is 0 Å². The van der Waals surface area contributed by atoms with E-state index < -0.39 is 5.91 Å². The van der Waals surface area contributed by atoms with E-state index in [2.05, 4.69) is 5.32 Å². The molecule has 0 aromatic heterocycles. The molecule has 5 heteroatoms. The molecule has 0 aliphatic heterocycles. The highest BCUT2D eigenvalue weighted by Crippen LogP contribution is 2.05. The molecule has 1 aromatic carbocycles. The van der Waals surface area contributed by atoms with Crippen molar-refractivity contribution in [1.29, 1.82) is 0 Å². The zero-order chi connectivity index (χ0) is 15.0. The Labute approximate surface area is 118 Å². The Kier molecular flexibility index (Phi) is 6.46. The van der Waals surface area contributed by atoms with E-state index in [1.807, 2.05) is 0 Å². The first kappa shape index (κ1) is 15.9. The number of aliphatic hydroxyl groups excluding tert-OH is 1. The predicted octanol–water partition coefficient (Wildman–Crippen LogP) is 1.08. The van der Waals surface area contributed by atoms with Crippen molar-refractivity contribution < 1.29 is 14.7 Å². The Morgan fingerprint density at radius 1 is 1.35 bits per heavy atom.